The van der Waals surface area contributed by atoms with Crippen molar-refractivity contribution in [1.82, 2.24) is 15.0 Å². The second-order valence-electron chi connectivity index (χ2n) is 7.83. The van der Waals surface area contributed by atoms with Gasteiger partial charge in [0.1, 0.15) is 11.6 Å². The molecule has 0 N–H and O–H groups in total. The average Bonchev–Trinajstić information content (AvgIpc) is 3.22. The molecule has 0 spiro atoms. The second-order valence-corrected chi connectivity index (χ2v) is 7.83. The summed E-state index contributed by atoms with van der Waals surface area (Å²) >= 11 is 0. The van der Waals surface area contributed by atoms with Gasteiger partial charge in [-0.2, -0.15) is 0 Å². The Labute approximate surface area is 169 Å². The van der Waals surface area contributed by atoms with Crippen molar-refractivity contribution in [3.8, 4) is 16.9 Å². The van der Waals surface area contributed by atoms with Crippen LogP contribution in [0.5, 0.6) is 5.75 Å². The van der Waals surface area contributed by atoms with Crippen molar-refractivity contribution < 1.29 is 9.13 Å². The molecule has 3 atom stereocenters. The van der Waals surface area contributed by atoms with Crippen LogP contribution < -0.4 is 9.64 Å². The van der Waals surface area contributed by atoms with E-state index in [2.05, 4.69) is 26.8 Å². The number of hydrogen-bond acceptors (Lipinski definition) is 5. The summed E-state index contributed by atoms with van der Waals surface area (Å²) in [6.07, 6.45) is 7.64. The van der Waals surface area contributed by atoms with Crippen LogP contribution in [0.15, 0.2) is 55.1 Å². The number of fused-ring (bicyclic) bond motifs is 1. The van der Waals surface area contributed by atoms with E-state index in [4.69, 9.17) is 4.74 Å². The van der Waals surface area contributed by atoms with E-state index in [9.17, 15) is 4.39 Å². The standard InChI is InChI=1S/C23H23FN4O/c1-2-15-9-26-23(27-10-15)28-12-19-20(13-28)21(19)14-29-17-5-3-16(4-6-17)18-7-8-25-11-22(18)24/h3-11,19-21H,2,12-14H2,1H3/t19-,20+,21+. The predicted molar refractivity (Wildman–Crippen MR) is 109 cm³/mol. The second kappa shape index (κ2) is 7.43. The van der Waals surface area contributed by atoms with Gasteiger partial charge in [-0.1, -0.05) is 19.1 Å². The van der Waals surface area contributed by atoms with Gasteiger partial charge >= 0.3 is 0 Å². The fourth-order valence-corrected chi connectivity index (χ4v) is 4.29. The zero-order valence-corrected chi connectivity index (χ0v) is 16.3. The monoisotopic (exact) mass is 390 g/mol. The Hall–Kier alpha value is -3.02. The molecule has 5 nitrogen and oxygen atoms in total. The zero-order valence-electron chi connectivity index (χ0n) is 16.3. The third-order valence-corrected chi connectivity index (χ3v) is 6.13. The van der Waals surface area contributed by atoms with Crippen molar-refractivity contribution in [3.05, 3.63) is 66.5 Å². The van der Waals surface area contributed by atoms with E-state index in [1.54, 1.807) is 12.3 Å². The van der Waals surface area contributed by atoms with Crippen LogP contribution in [0, 0.1) is 23.6 Å². The van der Waals surface area contributed by atoms with Gasteiger partial charge in [-0.05, 0) is 47.6 Å². The Bertz CT molecular complexity index is 981. The first kappa shape index (κ1) is 18.0. The minimum atomic E-state index is -0.315. The quantitative estimate of drug-likeness (QED) is 0.637. The third-order valence-electron chi connectivity index (χ3n) is 6.13. The van der Waals surface area contributed by atoms with Crippen LogP contribution in [0.4, 0.5) is 10.3 Å². The van der Waals surface area contributed by atoms with E-state index in [1.807, 2.05) is 36.7 Å². The highest BCUT2D eigenvalue weighted by atomic mass is 19.1. The normalized spacial score (nSPS) is 22.4. The molecule has 1 aliphatic heterocycles. The number of aryl methyl sites for hydroxylation is 1. The van der Waals surface area contributed by atoms with Crippen molar-refractivity contribution in [2.45, 2.75) is 13.3 Å². The van der Waals surface area contributed by atoms with Gasteiger partial charge < -0.3 is 9.64 Å². The van der Waals surface area contributed by atoms with E-state index in [1.165, 1.54) is 11.8 Å². The minimum absolute atomic E-state index is 0.315. The molecule has 5 rings (SSSR count). The molecule has 0 amide bonds. The van der Waals surface area contributed by atoms with Gasteiger partial charge in [-0.25, -0.2) is 14.4 Å². The van der Waals surface area contributed by atoms with E-state index in [-0.39, 0.29) is 5.82 Å². The summed E-state index contributed by atoms with van der Waals surface area (Å²) in [5.74, 6) is 3.27. The molecule has 0 radical (unpaired) electrons. The summed E-state index contributed by atoms with van der Waals surface area (Å²) in [5, 5.41) is 0. The zero-order chi connectivity index (χ0) is 19.8. The molecule has 3 aromatic rings. The highest BCUT2D eigenvalue weighted by Gasteiger charge is 2.56. The molecule has 29 heavy (non-hydrogen) atoms. The van der Waals surface area contributed by atoms with Crippen LogP contribution in [0.25, 0.3) is 11.1 Å². The fourth-order valence-electron chi connectivity index (χ4n) is 4.29. The fraction of sp³-hybridized carbons (Fsp3) is 0.348. The maximum atomic E-state index is 13.9. The maximum absolute atomic E-state index is 13.9. The maximum Gasteiger partial charge on any atom is 0.225 e. The number of halogens is 1. The summed E-state index contributed by atoms with van der Waals surface area (Å²) in [7, 11) is 0. The summed E-state index contributed by atoms with van der Waals surface area (Å²) in [5.41, 5.74) is 2.55. The molecule has 0 unspecified atom stereocenters. The Morgan fingerprint density at radius 2 is 1.76 bits per heavy atom. The van der Waals surface area contributed by atoms with Gasteiger partial charge in [0.2, 0.25) is 5.95 Å². The molecular formula is C23H23FN4O. The molecule has 1 aliphatic carbocycles. The van der Waals surface area contributed by atoms with Crippen LogP contribution >= 0.6 is 0 Å². The number of rotatable bonds is 6. The third kappa shape index (κ3) is 3.55. The molecule has 1 aromatic carbocycles. The molecule has 3 heterocycles. The van der Waals surface area contributed by atoms with Gasteiger partial charge in [0.25, 0.3) is 0 Å². The Morgan fingerprint density at radius 3 is 2.41 bits per heavy atom. The highest BCUT2D eigenvalue weighted by molar-refractivity contribution is 5.64. The van der Waals surface area contributed by atoms with Crippen molar-refractivity contribution >= 4 is 5.95 Å². The Balaban J connectivity index is 1.14. The number of anilines is 1. The summed E-state index contributed by atoms with van der Waals surface area (Å²) < 4.78 is 19.9. The van der Waals surface area contributed by atoms with Crippen molar-refractivity contribution in [2.24, 2.45) is 17.8 Å². The Kier molecular flexibility index (Phi) is 4.62. The average molecular weight is 390 g/mol. The number of pyridine rings is 1. The first-order chi connectivity index (χ1) is 14.2. The van der Waals surface area contributed by atoms with Gasteiger partial charge in [0.15, 0.2) is 0 Å². The molecule has 2 aromatic heterocycles. The lowest BCUT2D eigenvalue weighted by Gasteiger charge is -2.19. The minimum Gasteiger partial charge on any atom is -0.493 e. The molecule has 148 valence electrons. The first-order valence-corrected chi connectivity index (χ1v) is 10.1. The number of nitrogens with zero attached hydrogens (tertiary/aromatic N) is 4. The van der Waals surface area contributed by atoms with Gasteiger partial charge in [0.05, 0.1) is 12.8 Å². The molecule has 6 heteroatoms. The van der Waals surface area contributed by atoms with E-state index < -0.39 is 0 Å². The lowest BCUT2D eigenvalue weighted by atomic mass is 10.1. The molecule has 2 aliphatic rings. The lowest BCUT2D eigenvalue weighted by molar-refractivity contribution is 0.283. The number of benzene rings is 1. The number of aromatic nitrogens is 3. The predicted octanol–water partition coefficient (Wildman–Crippen LogP) is 4.00. The topological polar surface area (TPSA) is 51.1 Å². The van der Waals surface area contributed by atoms with Gasteiger partial charge in [-0.15, -0.1) is 0 Å². The highest BCUT2D eigenvalue weighted by Crippen LogP contribution is 2.52. The van der Waals surface area contributed by atoms with Crippen molar-refractivity contribution in [2.75, 3.05) is 24.6 Å². The Morgan fingerprint density at radius 1 is 1.03 bits per heavy atom. The van der Waals surface area contributed by atoms with E-state index in [0.717, 1.165) is 43.4 Å². The largest absolute Gasteiger partial charge is 0.493 e. The summed E-state index contributed by atoms with van der Waals surface area (Å²) in [6, 6.07) is 9.27. The molecule has 0 bridgehead atoms. The number of piperidine rings is 1. The summed E-state index contributed by atoms with van der Waals surface area (Å²) in [6.45, 7) is 4.84. The summed E-state index contributed by atoms with van der Waals surface area (Å²) in [4.78, 5) is 15.1. The molecule has 1 saturated heterocycles. The molecule has 2 fully saturated rings. The van der Waals surface area contributed by atoms with Crippen LogP contribution in [0.3, 0.4) is 0 Å². The van der Waals surface area contributed by atoms with E-state index >= 15 is 0 Å². The van der Waals surface area contributed by atoms with Crippen molar-refractivity contribution in [3.63, 3.8) is 0 Å². The van der Waals surface area contributed by atoms with Gasteiger partial charge in [-0.3, -0.25) is 4.98 Å². The van der Waals surface area contributed by atoms with Crippen LogP contribution in [0.2, 0.25) is 0 Å². The number of hydrogen-bond donors (Lipinski definition) is 0. The smallest absolute Gasteiger partial charge is 0.225 e. The SMILES string of the molecule is CCc1cnc(N2C[C@@H]3[C@@H](COc4ccc(-c5ccncc5F)cc4)[C@@H]3C2)nc1. The number of ether oxygens (including phenoxy) is 1. The first-order valence-electron chi connectivity index (χ1n) is 10.1. The molecular weight excluding hydrogens is 367 g/mol. The van der Waals surface area contributed by atoms with E-state index in [0.29, 0.717) is 23.3 Å². The van der Waals surface area contributed by atoms with Gasteiger partial charge in [0, 0.05) is 43.2 Å². The molecule has 1 saturated carbocycles. The van der Waals surface area contributed by atoms with Crippen LogP contribution in [0.1, 0.15) is 12.5 Å². The lowest BCUT2D eigenvalue weighted by Crippen LogP contribution is -2.27. The van der Waals surface area contributed by atoms with Crippen LogP contribution in [-0.4, -0.2) is 34.6 Å². The van der Waals surface area contributed by atoms with Crippen LogP contribution in [-0.2, 0) is 6.42 Å². The van der Waals surface area contributed by atoms with Crippen molar-refractivity contribution in [1.29, 1.82) is 0 Å².